The van der Waals surface area contributed by atoms with Gasteiger partial charge in [-0.3, -0.25) is 0 Å². The smallest absolute Gasteiger partial charge is 0.104 e. The van der Waals surface area contributed by atoms with Gasteiger partial charge >= 0.3 is 0 Å². The van der Waals surface area contributed by atoms with Crippen LogP contribution >= 0.6 is 0 Å². The SMILES string of the molecule is CC[N+]1(Cc2ccccc2)CCCCC1. The monoisotopic (exact) mass is 204 g/mol. The summed E-state index contributed by atoms with van der Waals surface area (Å²) in [6, 6.07) is 11.0. The van der Waals surface area contributed by atoms with Gasteiger partial charge in [0.15, 0.2) is 0 Å². The summed E-state index contributed by atoms with van der Waals surface area (Å²) in [5.74, 6) is 0. The first kappa shape index (κ1) is 10.7. The molecule has 1 aromatic rings. The van der Waals surface area contributed by atoms with E-state index in [1.54, 1.807) is 0 Å². The van der Waals surface area contributed by atoms with Crippen LogP contribution in [-0.2, 0) is 6.54 Å². The molecule has 0 bridgehead atoms. The van der Waals surface area contributed by atoms with Crippen LogP contribution in [-0.4, -0.2) is 24.1 Å². The fourth-order valence-corrected chi connectivity index (χ4v) is 2.74. The van der Waals surface area contributed by atoms with Crippen molar-refractivity contribution < 1.29 is 4.48 Å². The molecule has 2 rings (SSSR count). The summed E-state index contributed by atoms with van der Waals surface area (Å²) >= 11 is 0. The molecule has 0 saturated carbocycles. The van der Waals surface area contributed by atoms with E-state index in [9.17, 15) is 0 Å². The van der Waals surface area contributed by atoms with Gasteiger partial charge in [0.25, 0.3) is 0 Å². The third-order valence-corrected chi connectivity index (χ3v) is 3.80. The van der Waals surface area contributed by atoms with Crippen molar-refractivity contribution in [1.82, 2.24) is 0 Å². The molecular formula is C14H22N+. The highest BCUT2D eigenvalue weighted by Crippen LogP contribution is 2.22. The van der Waals surface area contributed by atoms with Crippen LogP contribution in [0.1, 0.15) is 31.7 Å². The number of piperidine rings is 1. The summed E-state index contributed by atoms with van der Waals surface area (Å²) in [5.41, 5.74) is 1.50. The number of hydrogen-bond donors (Lipinski definition) is 0. The molecule has 1 aromatic carbocycles. The second kappa shape index (κ2) is 4.80. The van der Waals surface area contributed by atoms with Gasteiger partial charge in [-0.05, 0) is 26.2 Å². The molecule has 1 heterocycles. The van der Waals surface area contributed by atoms with Gasteiger partial charge in [0.05, 0.1) is 19.6 Å². The quantitative estimate of drug-likeness (QED) is 0.663. The number of benzene rings is 1. The van der Waals surface area contributed by atoms with Crippen LogP contribution in [0, 0.1) is 0 Å². The molecule has 0 N–H and O–H groups in total. The molecule has 0 radical (unpaired) electrons. The first-order chi connectivity index (χ1) is 7.35. The zero-order chi connectivity index (χ0) is 10.6. The Morgan fingerprint density at radius 1 is 1.00 bits per heavy atom. The molecule has 82 valence electrons. The zero-order valence-corrected chi connectivity index (χ0v) is 9.78. The summed E-state index contributed by atoms with van der Waals surface area (Å²) in [6.07, 6.45) is 4.27. The Labute approximate surface area is 93.3 Å². The molecule has 0 atom stereocenters. The Kier molecular flexibility index (Phi) is 3.42. The van der Waals surface area contributed by atoms with Gasteiger partial charge in [0.2, 0.25) is 0 Å². The number of hydrogen-bond acceptors (Lipinski definition) is 0. The molecule has 1 heteroatoms. The second-order valence-electron chi connectivity index (χ2n) is 4.81. The van der Waals surface area contributed by atoms with Crippen molar-refractivity contribution in [2.24, 2.45) is 0 Å². The van der Waals surface area contributed by atoms with Crippen molar-refractivity contribution in [3.63, 3.8) is 0 Å². The highest BCUT2D eigenvalue weighted by molar-refractivity contribution is 5.13. The fourth-order valence-electron chi connectivity index (χ4n) is 2.74. The van der Waals surface area contributed by atoms with E-state index in [1.165, 1.54) is 55.5 Å². The van der Waals surface area contributed by atoms with Crippen LogP contribution in [0.2, 0.25) is 0 Å². The third-order valence-electron chi connectivity index (χ3n) is 3.80. The molecule has 1 aliphatic heterocycles. The highest BCUT2D eigenvalue weighted by Gasteiger charge is 2.27. The Balaban J connectivity index is 2.07. The molecule has 15 heavy (non-hydrogen) atoms. The minimum absolute atomic E-state index is 1.23. The lowest BCUT2D eigenvalue weighted by molar-refractivity contribution is -0.943. The molecule has 1 saturated heterocycles. The second-order valence-corrected chi connectivity index (χ2v) is 4.81. The first-order valence-corrected chi connectivity index (χ1v) is 6.24. The lowest BCUT2D eigenvalue weighted by Crippen LogP contribution is -2.50. The van der Waals surface area contributed by atoms with Crippen molar-refractivity contribution >= 4 is 0 Å². The molecule has 1 aliphatic rings. The van der Waals surface area contributed by atoms with E-state index >= 15 is 0 Å². The van der Waals surface area contributed by atoms with Gasteiger partial charge in [-0.2, -0.15) is 0 Å². The molecule has 0 unspecified atom stereocenters. The maximum atomic E-state index is 2.34. The molecule has 1 nitrogen and oxygen atoms in total. The van der Waals surface area contributed by atoms with E-state index in [0.29, 0.717) is 0 Å². The molecule has 1 fully saturated rings. The minimum Gasteiger partial charge on any atom is -0.320 e. The normalized spacial score (nSPS) is 20.1. The predicted molar refractivity (Wildman–Crippen MR) is 64.5 cm³/mol. The topological polar surface area (TPSA) is 0 Å². The van der Waals surface area contributed by atoms with Crippen LogP contribution < -0.4 is 0 Å². The number of quaternary nitrogens is 1. The maximum Gasteiger partial charge on any atom is 0.104 e. The fraction of sp³-hybridized carbons (Fsp3) is 0.571. The van der Waals surface area contributed by atoms with Crippen LogP contribution in [0.3, 0.4) is 0 Å². The van der Waals surface area contributed by atoms with Crippen molar-refractivity contribution in [3.8, 4) is 0 Å². The first-order valence-electron chi connectivity index (χ1n) is 6.24. The number of nitrogens with zero attached hydrogens (tertiary/aromatic N) is 1. The Hall–Kier alpha value is -0.820. The molecule has 0 aromatic heterocycles. The van der Waals surface area contributed by atoms with Crippen molar-refractivity contribution in [2.75, 3.05) is 19.6 Å². The van der Waals surface area contributed by atoms with Gasteiger partial charge in [0, 0.05) is 5.56 Å². The average Bonchev–Trinajstić information content (AvgIpc) is 2.32. The van der Waals surface area contributed by atoms with Crippen LogP contribution in [0.25, 0.3) is 0 Å². The summed E-state index contributed by atoms with van der Waals surface area (Å²) < 4.78 is 1.31. The van der Waals surface area contributed by atoms with E-state index < -0.39 is 0 Å². The van der Waals surface area contributed by atoms with E-state index in [0.717, 1.165) is 0 Å². The maximum absolute atomic E-state index is 2.34. The van der Waals surface area contributed by atoms with Crippen molar-refractivity contribution in [1.29, 1.82) is 0 Å². The largest absolute Gasteiger partial charge is 0.320 e. The summed E-state index contributed by atoms with van der Waals surface area (Å²) in [4.78, 5) is 0. The Morgan fingerprint density at radius 3 is 2.27 bits per heavy atom. The standard InChI is InChI=1S/C14H22N/c1-2-15(11-7-4-8-12-15)13-14-9-5-3-6-10-14/h3,5-6,9-10H,2,4,7-8,11-13H2,1H3/q+1. The highest BCUT2D eigenvalue weighted by atomic mass is 15.3. The Morgan fingerprint density at radius 2 is 1.67 bits per heavy atom. The summed E-state index contributed by atoms with van der Waals surface area (Å²) in [7, 11) is 0. The molecule has 0 amide bonds. The lowest BCUT2D eigenvalue weighted by atomic mass is 10.1. The average molecular weight is 204 g/mol. The molecule has 0 spiro atoms. The molecule has 0 aliphatic carbocycles. The van der Waals surface area contributed by atoms with Crippen LogP contribution in [0.15, 0.2) is 30.3 Å². The lowest BCUT2D eigenvalue weighted by Gasteiger charge is -2.41. The predicted octanol–water partition coefficient (Wildman–Crippen LogP) is 3.21. The van der Waals surface area contributed by atoms with Gasteiger partial charge < -0.3 is 4.48 Å². The van der Waals surface area contributed by atoms with Gasteiger partial charge in [-0.15, -0.1) is 0 Å². The zero-order valence-electron chi connectivity index (χ0n) is 9.78. The van der Waals surface area contributed by atoms with Crippen molar-refractivity contribution in [2.45, 2.75) is 32.7 Å². The Bertz CT molecular complexity index is 285. The van der Waals surface area contributed by atoms with Crippen molar-refractivity contribution in [3.05, 3.63) is 35.9 Å². The third kappa shape index (κ3) is 2.60. The van der Waals surface area contributed by atoms with Crippen LogP contribution in [0.5, 0.6) is 0 Å². The number of rotatable bonds is 3. The van der Waals surface area contributed by atoms with E-state index in [-0.39, 0.29) is 0 Å². The summed E-state index contributed by atoms with van der Waals surface area (Å²) in [6.45, 7) is 7.62. The van der Waals surface area contributed by atoms with E-state index in [4.69, 9.17) is 0 Å². The number of likely N-dealkylation sites (tertiary alicyclic amines) is 1. The van der Waals surface area contributed by atoms with Gasteiger partial charge in [-0.25, -0.2) is 0 Å². The van der Waals surface area contributed by atoms with Gasteiger partial charge in [0.1, 0.15) is 6.54 Å². The van der Waals surface area contributed by atoms with Gasteiger partial charge in [-0.1, -0.05) is 30.3 Å². The van der Waals surface area contributed by atoms with Crippen LogP contribution in [0.4, 0.5) is 0 Å². The van der Waals surface area contributed by atoms with E-state index in [2.05, 4.69) is 37.3 Å². The molecular weight excluding hydrogens is 182 g/mol. The minimum atomic E-state index is 1.23. The summed E-state index contributed by atoms with van der Waals surface area (Å²) in [5, 5.41) is 0. The van der Waals surface area contributed by atoms with E-state index in [1.807, 2.05) is 0 Å².